The molecule has 0 aliphatic carbocycles. The van der Waals surface area contributed by atoms with Crippen molar-refractivity contribution in [3.05, 3.63) is 52.7 Å². The van der Waals surface area contributed by atoms with Gasteiger partial charge in [0.15, 0.2) is 5.76 Å². The summed E-state index contributed by atoms with van der Waals surface area (Å²) in [6, 6.07) is 11.6. The molecule has 0 aliphatic rings. The fourth-order valence-corrected chi connectivity index (χ4v) is 5.03. The van der Waals surface area contributed by atoms with Crippen LogP contribution in [0.25, 0.3) is 11.0 Å². The number of nitrogens with zero attached hydrogens (tertiary/aromatic N) is 1. The van der Waals surface area contributed by atoms with Crippen LogP contribution in [0.1, 0.15) is 31.3 Å². The van der Waals surface area contributed by atoms with Gasteiger partial charge in [-0.05, 0) is 53.2 Å². The van der Waals surface area contributed by atoms with Gasteiger partial charge in [-0.15, -0.1) is 0 Å². The lowest BCUT2D eigenvalue weighted by molar-refractivity contribution is 0.0998. The number of nitrogens with one attached hydrogen (secondary N) is 1. The average Bonchev–Trinajstić information content (AvgIpc) is 3.16. The first-order valence-corrected chi connectivity index (χ1v) is 11.8. The summed E-state index contributed by atoms with van der Waals surface area (Å²) in [4.78, 5) is 12.9. The summed E-state index contributed by atoms with van der Waals surface area (Å²) in [5.74, 6) is -0.0190. The second-order valence-electron chi connectivity index (χ2n) is 6.40. The molecule has 0 unspecified atom stereocenters. The number of fused-ring (bicyclic) bond motifs is 1. The number of furan rings is 1. The summed E-state index contributed by atoms with van der Waals surface area (Å²) in [5, 5.41) is 3.50. The Morgan fingerprint density at radius 2 is 1.87 bits per heavy atom. The van der Waals surface area contributed by atoms with E-state index in [-0.39, 0.29) is 16.3 Å². The number of anilines is 1. The highest BCUT2D eigenvalue weighted by Crippen LogP contribution is 2.31. The van der Waals surface area contributed by atoms with E-state index in [2.05, 4.69) is 21.2 Å². The molecule has 9 heteroatoms. The molecule has 0 saturated heterocycles. The van der Waals surface area contributed by atoms with E-state index in [0.717, 1.165) is 9.86 Å². The molecule has 30 heavy (non-hydrogen) atoms. The maximum Gasteiger partial charge on any atom is 0.291 e. The van der Waals surface area contributed by atoms with Gasteiger partial charge in [0.1, 0.15) is 11.3 Å². The minimum atomic E-state index is -3.69. The Morgan fingerprint density at radius 1 is 1.13 bits per heavy atom. The molecule has 0 fully saturated rings. The minimum absolute atomic E-state index is 0.0808. The van der Waals surface area contributed by atoms with Crippen LogP contribution in [0.5, 0.6) is 5.75 Å². The molecular formula is C21H23BrN2O5S. The van der Waals surface area contributed by atoms with Crippen LogP contribution < -0.4 is 10.1 Å². The van der Waals surface area contributed by atoms with Gasteiger partial charge in [-0.3, -0.25) is 4.79 Å². The van der Waals surface area contributed by atoms with Crippen LogP contribution in [0.2, 0.25) is 0 Å². The SMILES string of the molecule is CCOc1ccc(S(=O)(=O)N(CC)CC)cc1NC(=O)c1cc2cccc(Br)c2o1. The number of halogens is 1. The number of carbonyl (C=O) groups excluding carboxylic acids is 1. The Labute approximate surface area is 184 Å². The van der Waals surface area contributed by atoms with Gasteiger partial charge in [0.2, 0.25) is 10.0 Å². The van der Waals surface area contributed by atoms with Crippen molar-refractivity contribution in [2.24, 2.45) is 0 Å². The van der Waals surface area contributed by atoms with E-state index in [9.17, 15) is 13.2 Å². The first kappa shape index (κ1) is 22.3. The van der Waals surface area contributed by atoms with Crippen LogP contribution in [-0.4, -0.2) is 38.3 Å². The minimum Gasteiger partial charge on any atom is -0.492 e. The third-order valence-electron chi connectivity index (χ3n) is 4.56. The van der Waals surface area contributed by atoms with Gasteiger partial charge in [0.05, 0.1) is 21.7 Å². The van der Waals surface area contributed by atoms with Crippen molar-refractivity contribution in [1.82, 2.24) is 4.31 Å². The Balaban J connectivity index is 1.98. The molecule has 7 nitrogen and oxygen atoms in total. The molecule has 0 atom stereocenters. The molecule has 1 N–H and O–H groups in total. The zero-order chi connectivity index (χ0) is 21.9. The lowest BCUT2D eigenvalue weighted by Crippen LogP contribution is -2.30. The van der Waals surface area contributed by atoms with E-state index in [1.165, 1.54) is 16.4 Å². The average molecular weight is 495 g/mol. The topological polar surface area (TPSA) is 88.9 Å². The molecule has 0 bridgehead atoms. The first-order chi connectivity index (χ1) is 14.3. The highest BCUT2D eigenvalue weighted by molar-refractivity contribution is 9.10. The third-order valence-corrected chi connectivity index (χ3v) is 7.23. The van der Waals surface area contributed by atoms with Crippen LogP contribution in [0, 0.1) is 0 Å². The maximum absolute atomic E-state index is 12.9. The van der Waals surface area contributed by atoms with Gasteiger partial charge in [-0.2, -0.15) is 4.31 Å². The van der Waals surface area contributed by atoms with Crippen LogP contribution in [0.15, 0.2) is 56.2 Å². The molecule has 0 aliphatic heterocycles. The standard InChI is InChI=1S/C21H23BrN2O5S/c1-4-24(5-2)30(26,27)15-10-11-18(28-6-3)17(13-15)23-21(25)19-12-14-8-7-9-16(22)20(14)29-19/h7-13H,4-6H2,1-3H3,(H,23,25). The summed E-state index contributed by atoms with van der Waals surface area (Å²) in [6.45, 7) is 6.42. The molecule has 3 aromatic rings. The van der Waals surface area contributed by atoms with E-state index in [4.69, 9.17) is 9.15 Å². The molecule has 0 spiro atoms. The molecule has 160 valence electrons. The van der Waals surface area contributed by atoms with Gasteiger partial charge >= 0.3 is 0 Å². The predicted molar refractivity (Wildman–Crippen MR) is 120 cm³/mol. The number of amides is 1. The monoisotopic (exact) mass is 494 g/mol. The number of sulfonamides is 1. The Bertz CT molecular complexity index is 1170. The van der Waals surface area contributed by atoms with E-state index >= 15 is 0 Å². The number of para-hydroxylation sites is 1. The summed E-state index contributed by atoms with van der Waals surface area (Å²) in [6.07, 6.45) is 0. The van der Waals surface area contributed by atoms with Gasteiger partial charge < -0.3 is 14.5 Å². The largest absolute Gasteiger partial charge is 0.492 e. The maximum atomic E-state index is 12.9. The van der Waals surface area contributed by atoms with Gasteiger partial charge in [-0.1, -0.05) is 26.0 Å². The quantitative estimate of drug-likeness (QED) is 0.482. The van der Waals surface area contributed by atoms with Gasteiger partial charge in [0.25, 0.3) is 5.91 Å². The fraction of sp³-hybridized carbons (Fsp3) is 0.286. The molecule has 1 amide bonds. The fourth-order valence-electron chi connectivity index (χ4n) is 3.08. The lowest BCUT2D eigenvalue weighted by Gasteiger charge is -2.19. The van der Waals surface area contributed by atoms with Gasteiger partial charge in [0, 0.05) is 18.5 Å². The van der Waals surface area contributed by atoms with E-state index in [0.29, 0.717) is 31.0 Å². The van der Waals surface area contributed by atoms with Crippen molar-refractivity contribution >= 4 is 48.5 Å². The second-order valence-corrected chi connectivity index (χ2v) is 9.20. The molecule has 3 rings (SSSR count). The number of carbonyl (C=O) groups is 1. The van der Waals surface area contributed by atoms with E-state index in [1.54, 1.807) is 26.0 Å². The third kappa shape index (κ3) is 4.38. The number of benzene rings is 2. The smallest absolute Gasteiger partial charge is 0.291 e. The zero-order valence-corrected chi connectivity index (χ0v) is 19.3. The zero-order valence-electron chi connectivity index (χ0n) is 16.9. The summed E-state index contributed by atoms with van der Waals surface area (Å²) >= 11 is 3.40. The molecular weight excluding hydrogens is 472 g/mol. The number of hydrogen-bond donors (Lipinski definition) is 1. The van der Waals surface area contributed by atoms with Crippen molar-refractivity contribution in [1.29, 1.82) is 0 Å². The summed E-state index contributed by atoms with van der Waals surface area (Å²) < 4.78 is 39.1. The normalized spacial score (nSPS) is 11.8. The van der Waals surface area contributed by atoms with E-state index < -0.39 is 15.9 Å². The number of hydrogen-bond acceptors (Lipinski definition) is 5. The lowest BCUT2D eigenvalue weighted by atomic mass is 10.2. The molecule has 0 saturated carbocycles. The Kier molecular flexibility index (Phi) is 6.84. The van der Waals surface area contributed by atoms with Gasteiger partial charge in [-0.25, -0.2) is 8.42 Å². The van der Waals surface area contributed by atoms with Crippen molar-refractivity contribution in [3.8, 4) is 5.75 Å². The molecule has 1 aromatic heterocycles. The van der Waals surface area contributed by atoms with Crippen molar-refractivity contribution in [2.45, 2.75) is 25.7 Å². The Hall–Kier alpha value is -2.36. The summed E-state index contributed by atoms with van der Waals surface area (Å²) in [7, 11) is -3.69. The number of ether oxygens (including phenoxy) is 1. The van der Waals surface area contributed by atoms with Crippen molar-refractivity contribution in [2.75, 3.05) is 25.0 Å². The molecule has 1 heterocycles. The van der Waals surface area contributed by atoms with Crippen molar-refractivity contribution in [3.63, 3.8) is 0 Å². The Morgan fingerprint density at radius 3 is 2.50 bits per heavy atom. The molecule has 2 aromatic carbocycles. The summed E-state index contributed by atoms with van der Waals surface area (Å²) in [5.41, 5.74) is 0.820. The van der Waals surface area contributed by atoms with Crippen LogP contribution >= 0.6 is 15.9 Å². The number of rotatable bonds is 8. The predicted octanol–water partition coefficient (Wildman–Crippen LogP) is 4.88. The van der Waals surface area contributed by atoms with Crippen LogP contribution in [0.3, 0.4) is 0 Å². The molecule has 0 radical (unpaired) electrons. The highest BCUT2D eigenvalue weighted by atomic mass is 79.9. The van der Waals surface area contributed by atoms with E-state index in [1.807, 2.05) is 25.1 Å². The van der Waals surface area contributed by atoms with Crippen LogP contribution in [0.4, 0.5) is 5.69 Å². The highest BCUT2D eigenvalue weighted by Gasteiger charge is 2.24. The van der Waals surface area contributed by atoms with Crippen LogP contribution in [-0.2, 0) is 10.0 Å². The second kappa shape index (κ2) is 9.20. The van der Waals surface area contributed by atoms with Crippen molar-refractivity contribution < 1.29 is 22.4 Å². The first-order valence-electron chi connectivity index (χ1n) is 9.58.